The fraction of sp³-hybridized carbons (Fsp3) is 0.316. The predicted octanol–water partition coefficient (Wildman–Crippen LogP) is 2.96. The van der Waals surface area contributed by atoms with Gasteiger partial charge in [0.2, 0.25) is 5.91 Å². The number of amides is 1. The van der Waals surface area contributed by atoms with Crippen molar-refractivity contribution in [3.05, 3.63) is 65.2 Å². The Morgan fingerprint density at radius 1 is 1.21 bits per heavy atom. The van der Waals surface area contributed by atoms with Crippen molar-refractivity contribution in [2.24, 2.45) is 5.73 Å². The van der Waals surface area contributed by atoms with Gasteiger partial charge in [-0.1, -0.05) is 42.5 Å². The molecule has 130 valence electrons. The molecule has 2 aromatic carbocycles. The smallest absolute Gasteiger partial charge is 0.244 e. The molecule has 24 heavy (non-hydrogen) atoms. The molecule has 0 radical (unpaired) electrons. The van der Waals surface area contributed by atoms with E-state index in [1.165, 1.54) is 0 Å². The second-order valence-corrected chi connectivity index (χ2v) is 5.88. The Bertz CT molecular complexity index is 672. The van der Waals surface area contributed by atoms with Gasteiger partial charge in [-0.3, -0.25) is 4.79 Å². The van der Waals surface area contributed by atoms with Crippen LogP contribution < -0.4 is 15.8 Å². The van der Waals surface area contributed by atoms with Crippen LogP contribution in [0.3, 0.4) is 0 Å². The van der Waals surface area contributed by atoms with Crippen LogP contribution in [0.25, 0.3) is 0 Å². The summed E-state index contributed by atoms with van der Waals surface area (Å²) in [6, 6.07) is 15.5. The lowest BCUT2D eigenvalue weighted by molar-refractivity contribution is -0.126. The van der Waals surface area contributed by atoms with Gasteiger partial charge in [0.1, 0.15) is 11.3 Å². The molecule has 5 heteroatoms. The van der Waals surface area contributed by atoms with Crippen LogP contribution in [0.1, 0.15) is 23.6 Å². The van der Waals surface area contributed by atoms with E-state index in [4.69, 9.17) is 10.5 Å². The lowest BCUT2D eigenvalue weighted by atomic mass is 9.92. The van der Waals surface area contributed by atoms with E-state index < -0.39 is 5.54 Å². The SMILES string of the molecule is COc1cc(CCNC(=O)C(C)(N)c2ccccc2)ccc1C.Cl. The summed E-state index contributed by atoms with van der Waals surface area (Å²) in [5.74, 6) is 0.685. The highest BCUT2D eigenvalue weighted by atomic mass is 35.5. The number of halogens is 1. The summed E-state index contributed by atoms with van der Waals surface area (Å²) >= 11 is 0. The van der Waals surface area contributed by atoms with Crippen molar-refractivity contribution in [3.63, 3.8) is 0 Å². The van der Waals surface area contributed by atoms with Crippen LogP contribution in [-0.4, -0.2) is 19.6 Å². The highest BCUT2D eigenvalue weighted by Gasteiger charge is 2.29. The molecule has 0 fully saturated rings. The first-order chi connectivity index (χ1) is 10.9. The van der Waals surface area contributed by atoms with Crippen LogP contribution >= 0.6 is 12.4 Å². The molecule has 1 unspecified atom stereocenters. The molecule has 3 N–H and O–H groups in total. The van der Waals surface area contributed by atoms with Crippen molar-refractivity contribution in [2.45, 2.75) is 25.8 Å². The number of ether oxygens (including phenoxy) is 1. The summed E-state index contributed by atoms with van der Waals surface area (Å²) in [5.41, 5.74) is 8.17. The Hall–Kier alpha value is -2.04. The van der Waals surface area contributed by atoms with E-state index in [1.54, 1.807) is 14.0 Å². The van der Waals surface area contributed by atoms with E-state index in [9.17, 15) is 4.79 Å². The molecule has 0 heterocycles. The number of nitrogens with one attached hydrogen (secondary N) is 1. The summed E-state index contributed by atoms with van der Waals surface area (Å²) in [4.78, 5) is 12.4. The maximum absolute atomic E-state index is 12.4. The number of hydrogen-bond donors (Lipinski definition) is 2. The van der Waals surface area contributed by atoms with Crippen molar-refractivity contribution in [3.8, 4) is 5.75 Å². The van der Waals surface area contributed by atoms with Crippen molar-refractivity contribution in [1.29, 1.82) is 0 Å². The van der Waals surface area contributed by atoms with E-state index in [1.807, 2.05) is 55.5 Å². The third kappa shape index (κ3) is 4.73. The molecular formula is C19H25ClN2O2. The molecule has 4 nitrogen and oxygen atoms in total. The first-order valence-corrected chi connectivity index (χ1v) is 7.71. The summed E-state index contributed by atoms with van der Waals surface area (Å²) in [6.07, 6.45) is 0.729. The quantitative estimate of drug-likeness (QED) is 0.843. The fourth-order valence-corrected chi connectivity index (χ4v) is 2.44. The molecule has 0 aromatic heterocycles. The standard InChI is InChI=1S/C19H24N2O2.ClH/c1-14-9-10-15(13-17(14)23-3)11-12-21-18(22)19(2,20)16-7-5-4-6-8-16;/h4-10,13H,11-12,20H2,1-3H3,(H,21,22);1H. The molecule has 0 saturated carbocycles. The number of hydrogen-bond acceptors (Lipinski definition) is 3. The van der Waals surface area contributed by atoms with Crippen molar-refractivity contribution < 1.29 is 9.53 Å². The van der Waals surface area contributed by atoms with Gasteiger partial charge in [0.15, 0.2) is 0 Å². The maximum atomic E-state index is 12.4. The van der Waals surface area contributed by atoms with E-state index in [0.29, 0.717) is 6.54 Å². The Morgan fingerprint density at radius 2 is 1.88 bits per heavy atom. The molecule has 0 aliphatic carbocycles. The Morgan fingerprint density at radius 3 is 2.50 bits per heavy atom. The van der Waals surface area contributed by atoms with Crippen LogP contribution in [-0.2, 0) is 16.8 Å². The summed E-state index contributed by atoms with van der Waals surface area (Å²) < 4.78 is 5.32. The number of aryl methyl sites for hydroxylation is 1. The molecular weight excluding hydrogens is 324 g/mol. The average Bonchev–Trinajstić information content (AvgIpc) is 2.57. The molecule has 0 spiro atoms. The highest BCUT2D eigenvalue weighted by Crippen LogP contribution is 2.20. The third-order valence-corrected chi connectivity index (χ3v) is 4.02. The summed E-state index contributed by atoms with van der Waals surface area (Å²) in [5, 5.41) is 2.92. The Kier molecular flexibility index (Phi) is 7.26. The Labute approximate surface area is 149 Å². The molecule has 2 aromatic rings. The van der Waals surface area contributed by atoms with Crippen LogP contribution in [0.15, 0.2) is 48.5 Å². The van der Waals surface area contributed by atoms with Crippen LogP contribution in [0.4, 0.5) is 0 Å². The minimum Gasteiger partial charge on any atom is -0.496 e. The van der Waals surface area contributed by atoms with Crippen molar-refractivity contribution in [1.82, 2.24) is 5.32 Å². The lowest BCUT2D eigenvalue weighted by Gasteiger charge is -2.24. The number of carbonyl (C=O) groups is 1. The molecule has 2 rings (SSSR count). The van der Waals surface area contributed by atoms with Gasteiger partial charge in [-0.2, -0.15) is 0 Å². The minimum absolute atomic E-state index is 0. The molecule has 0 aliphatic rings. The van der Waals surface area contributed by atoms with E-state index >= 15 is 0 Å². The van der Waals surface area contributed by atoms with Gasteiger partial charge in [0.05, 0.1) is 7.11 Å². The second-order valence-electron chi connectivity index (χ2n) is 5.88. The minimum atomic E-state index is -1.04. The third-order valence-electron chi connectivity index (χ3n) is 4.02. The summed E-state index contributed by atoms with van der Waals surface area (Å²) in [7, 11) is 1.66. The fourth-order valence-electron chi connectivity index (χ4n) is 2.44. The second kappa shape index (κ2) is 8.71. The largest absolute Gasteiger partial charge is 0.496 e. The maximum Gasteiger partial charge on any atom is 0.244 e. The van der Waals surface area contributed by atoms with Gasteiger partial charge in [0.25, 0.3) is 0 Å². The molecule has 1 amide bonds. The molecule has 0 bridgehead atoms. The van der Waals surface area contributed by atoms with Gasteiger partial charge >= 0.3 is 0 Å². The van der Waals surface area contributed by atoms with Gasteiger partial charge in [0, 0.05) is 6.54 Å². The first kappa shape index (κ1) is 20.0. The van der Waals surface area contributed by atoms with Gasteiger partial charge in [-0.25, -0.2) is 0 Å². The zero-order valence-electron chi connectivity index (χ0n) is 14.3. The topological polar surface area (TPSA) is 64.3 Å². The van der Waals surface area contributed by atoms with Crippen LogP contribution in [0.2, 0.25) is 0 Å². The van der Waals surface area contributed by atoms with Crippen LogP contribution in [0, 0.1) is 6.92 Å². The van der Waals surface area contributed by atoms with Gasteiger partial charge in [-0.15, -0.1) is 12.4 Å². The number of benzene rings is 2. The zero-order valence-corrected chi connectivity index (χ0v) is 15.2. The number of nitrogens with two attached hydrogens (primary N) is 1. The van der Waals surface area contributed by atoms with E-state index in [-0.39, 0.29) is 18.3 Å². The molecule has 1 atom stereocenters. The molecule has 0 aliphatic heterocycles. The normalized spacial score (nSPS) is 12.7. The highest BCUT2D eigenvalue weighted by molar-refractivity contribution is 5.87. The average molecular weight is 349 g/mol. The number of methoxy groups -OCH3 is 1. The summed E-state index contributed by atoms with van der Waals surface area (Å²) in [6.45, 7) is 4.27. The van der Waals surface area contributed by atoms with E-state index in [2.05, 4.69) is 5.32 Å². The molecule has 0 saturated heterocycles. The van der Waals surface area contributed by atoms with E-state index in [0.717, 1.165) is 28.9 Å². The van der Waals surface area contributed by atoms with Crippen LogP contribution in [0.5, 0.6) is 5.75 Å². The van der Waals surface area contributed by atoms with Crippen molar-refractivity contribution in [2.75, 3.05) is 13.7 Å². The van der Waals surface area contributed by atoms with Gasteiger partial charge < -0.3 is 15.8 Å². The van der Waals surface area contributed by atoms with Crippen molar-refractivity contribution >= 4 is 18.3 Å². The lowest BCUT2D eigenvalue weighted by Crippen LogP contribution is -2.49. The zero-order chi connectivity index (χ0) is 16.9. The first-order valence-electron chi connectivity index (χ1n) is 7.71. The number of rotatable bonds is 6. The Balaban J connectivity index is 0.00000288. The van der Waals surface area contributed by atoms with Gasteiger partial charge in [-0.05, 0) is 43.0 Å². The number of carbonyl (C=O) groups excluding carboxylic acids is 1. The predicted molar refractivity (Wildman–Crippen MR) is 99.7 cm³/mol. The monoisotopic (exact) mass is 348 g/mol.